The molecule has 1 amide bonds. The summed E-state index contributed by atoms with van der Waals surface area (Å²) in [6.45, 7) is 1.79. The number of aromatic nitrogens is 1. The SMILES string of the molecule is O=C(Cc1ccc2c(c1)OCO2)N1CCOc2ccc(-c3ccncc3)cc2C1. The molecule has 0 bridgehead atoms. The van der Waals surface area contributed by atoms with Gasteiger partial charge in [0.2, 0.25) is 12.7 Å². The number of carbonyl (C=O) groups excluding carboxylic acids is 1. The second-order valence-corrected chi connectivity index (χ2v) is 7.09. The van der Waals surface area contributed by atoms with E-state index in [0.717, 1.165) is 33.8 Å². The predicted octanol–water partition coefficient (Wildman–Crippen LogP) is 3.44. The van der Waals surface area contributed by atoms with Gasteiger partial charge in [-0.25, -0.2) is 0 Å². The Bertz CT molecular complexity index is 1050. The van der Waals surface area contributed by atoms with E-state index < -0.39 is 0 Å². The average Bonchev–Trinajstić information content (AvgIpc) is 3.11. The van der Waals surface area contributed by atoms with Gasteiger partial charge >= 0.3 is 0 Å². The molecule has 0 saturated carbocycles. The van der Waals surface area contributed by atoms with Crippen LogP contribution in [-0.2, 0) is 17.8 Å². The van der Waals surface area contributed by atoms with E-state index >= 15 is 0 Å². The van der Waals surface area contributed by atoms with E-state index in [2.05, 4.69) is 11.1 Å². The summed E-state index contributed by atoms with van der Waals surface area (Å²) < 4.78 is 16.6. The highest BCUT2D eigenvalue weighted by atomic mass is 16.7. The van der Waals surface area contributed by atoms with Gasteiger partial charge in [0.25, 0.3) is 0 Å². The molecule has 2 aromatic carbocycles. The first kappa shape index (κ1) is 17.6. The van der Waals surface area contributed by atoms with Crippen molar-refractivity contribution in [1.82, 2.24) is 9.88 Å². The molecule has 6 heteroatoms. The van der Waals surface area contributed by atoms with E-state index in [1.54, 1.807) is 12.4 Å². The summed E-state index contributed by atoms with van der Waals surface area (Å²) in [6, 6.07) is 15.7. The first-order chi connectivity index (χ1) is 14.3. The number of hydrogen-bond acceptors (Lipinski definition) is 5. The molecular weight excluding hydrogens is 368 g/mol. The number of fused-ring (bicyclic) bond motifs is 2. The highest BCUT2D eigenvalue weighted by Crippen LogP contribution is 2.33. The number of ether oxygens (including phenoxy) is 3. The second-order valence-electron chi connectivity index (χ2n) is 7.09. The fourth-order valence-corrected chi connectivity index (χ4v) is 3.67. The Balaban J connectivity index is 1.35. The molecule has 0 fully saturated rings. The third-order valence-electron chi connectivity index (χ3n) is 5.20. The van der Waals surface area contributed by atoms with Crippen molar-refractivity contribution in [2.75, 3.05) is 19.9 Å². The Labute approximate surface area is 168 Å². The van der Waals surface area contributed by atoms with Crippen LogP contribution in [0.1, 0.15) is 11.1 Å². The van der Waals surface area contributed by atoms with Crippen LogP contribution < -0.4 is 14.2 Å². The smallest absolute Gasteiger partial charge is 0.231 e. The van der Waals surface area contributed by atoms with Gasteiger partial charge in [0.1, 0.15) is 12.4 Å². The van der Waals surface area contributed by atoms with E-state index in [9.17, 15) is 4.79 Å². The number of hydrogen-bond donors (Lipinski definition) is 0. The molecule has 0 N–H and O–H groups in total. The van der Waals surface area contributed by atoms with E-state index in [1.807, 2.05) is 47.4 Å². The fraction of sp³-hybridized carbons (Fsp3) is 0.217. The Morgan fingerprint density at radius 3 is 2.62 bits per heavy atom. The number of pyridine rings is 1. The van der Waals surface area contributed by atoms with Crippen LogP contribution in [0.5, 0.6) is 17.2 Å². The van der Waals surface area contributed by atoms with E-state index in [0.29, 0.717) is 31.9 Å². The van der Waals surface area contributed by atoms with Crippen molar-refractivity contribution >= 4 is 5.91 Å². The molecule has 3 heterocycles. The summed E-state index contributed by atoms with van der Waals surface area (Å²) in [6.07, 6.45) is 3.87. The van der Waals surface area contributed by atoms with Gasteiger partial charge in [0.15, 0.2) is 11.5 Å². The molecule has 146 valence electrons. The van der Waals surface area contributed by atoms with Crippen molar-refractivity contribution in [2.45, 2.75) is 13.0 Å². The number of nitrogens with zero attached hydrogens (tertiary/aromatic N) is 2. The van der Waals surface area contributed by atoms with Crippen molar-refractivity contribution < 1.29 is 19.0 Å². The first-order valence-corrected chi connectivity index (χ1v) is 9.59. The molecule has 0 spiro atoms. The van der Waals surface area contributed by atoms with Crippen molar-refractivity contribution in [3.8, 4) is 28.4 Å². The molecule has 2 aliphatic rings. The van der Waals surface area contributed by atoms with E-state index in [1.165, 1.54) is 0 Å². The van der Waals surface area contributed by atoms with Crippen LogP contribution in [0.4, 0.5) is 0 Å². The van der Waals surface area contributed by atoms with Gasteiger partial charge in [-0.15, -0.1) is 0 Å². The monoisotopic (exact) mass is 388 g/mol. The molecule has 6 nitrogen and oxygen atoms in total. The highest BCUT2D eigenvalue weighted by molar-refractivity contribution is 5.79. The molecule has 0 unspecified atom stereocenters. The minimum absolute atomic E-state index is 0.0645. The molecule has 29 heavy (non-hydrogen) atoms. The molecule has 2 aliphatic heterocycles. The van der Waals surface area contributed by atoms with Crippen LogP contribution in [0.2, 0.25) is 0 Å². The molecule has 0 aliphatic carbocycles. The van der Waals surface area contributed by atoms with Crippen LogP contribution in [0.3, 0.4) is 0 Å². The number of amides is 1. The quantitative estimate of drug-likeness (QED) is 0.688. The van der Waals surface area contributed by atoms with Gasteiger partial charge in [-0.1, -0.05) is 12.1 Å². The summed E-state index contributed by atoms with van der Waals surface area (Å²) in [5, 5.41) is 0. The lowest BCUT2D eigenvalue weighted by atomic mass is 10.0. The molecule has 0 saturated heterocycles. The minimum Gasteiger partial charge on any atom is -0.491 e. The molecule has 3 aromatic rings. The Morgan fingerprint density at radius 2 is 1.72 bits per heavy atom. The molecular formula is C23H20N2O4. The average molecular weight is 388 g/mol. The molecule has 0 atom stereocenters. The van der Waals surface area contributed by atoms with E-state index in [-0.39, 0.29) is 12.7 Å². The maximum atomic E-state index is 13.0. The fourth-order valence-electron chi connectivity index (χ4n) is 3.67. The Hall–Kier alpha value is -3.54. The third kappa shape index (κ3) is 3.61. The van der Waals surface area contributed by atoms with Crippen molar-refractivity contribution in [3.05, 3.63) is 72.1 Å². The van der Waals surface area contributed by atoms with Gasteiger partial charge < -0.3 is 19.1 Å². The van der Waals surface area contributed by atoms with Gasteiger partial charge in [-0.2, -0.15) is 0 Å². The number of benzene rings is 2. The van der Waals surface area contributed by atoms with Crippen LogP contribution >= 0.6 is 0 Å². The van der Waals surface area contributed by atoms with Gasteiger partial charge in [-0.3, -0.25) is 9.78 Å². The van der Waals surface area contributed by atoms with Crippen LogP contribution in [0.25, 0.3) is 11.1 Å². The largest absolute Gasteiger partial charge is 0.491 e. The highest BCUT2D eigenvalue weighted by Gasteiger charge is 2.22. The van der Waals surface area contributed by atoms with Gasteiger partial charge in [0, 0.05) is 24.5 Å². The number of rotatable bonds is 3. The summed E-state index contributed by atoms with van der Waals surface area (Å²) >= 11 is 0. The molecule has 5 rings (SSSR count). The molecule has 0 radical (unpaired) electrons. The Kier molecular flexibility index (Phi) is 4.52. The van der Waals surface area contributed by atoms with Crippen molar-refractivity contribution in [1.29, 1.82) is 0 Å². The zero-order valence-corrected chi connectivity index (χ0v) is 15.8. The zero-order valence-electron chi connectivity index (χ0n) is 15.8. The topological polar surface area (TPSA) is 60.9 Å². The summed E-state index contributed by atoms with van der Waals surface area (Å²) in [5.74, 6) is 2.32. The second kappa shape index (κ2) is 7.47. The van der Waals surface area contributed by atoms with Crippen LogP contribution in [-0.4, -0.2) is 35.7 Å². The number of carbonyl (C=O) groups is 1. The van der Waals surface area contributed by atoms with Gasteiger partial charge in [-0.05, 0) is 53.1 Å². The zero-order chi connectivity index (χ0) is 19.6. The van der Waals surface area contributed by atoms with E-state index in [4.69, 9.17) is 14.2 Å². The lowest BCUT2D eigenvalue weighted by Crippen LogP contribution is -2.33. The maximum absolute atomic E-state index is 13.0. The third-order valence-corrected chi connectivity index (χ3v) is 5.20. The predicted molar refractivity (Wildman–Crippen MR) is 107 cm³/mol. The lowest BCUT2D eigenvalue weighted by molar-refractivity contribution is -0.131. The van der Waals surface area contributed by atoms with Crippen molar-refractivity contribution in [2.24, 2.45) is 0 Å². The summed E-state index contributed by atoms with van der Waals surface area (Å²) in [7, 11) is 0. The minimum atomic E-state index is 0.0645. The standard InChI is InChI=1S/C23H20N2O4/c26-23(12-16-1-3-21-22(11-16)29-15-28-21)25-9-10-27-20-4-2-18(13-19(20)14-25)17-5-7-24-8-6-17/h1-8,11,13H,9-10,12,14-15H2. The lowest BCUT2D eigenvalue weighted by Gasteiger charge is -2.20. The summed E-state index contributed by atoms with van der Waals surface area (Å²) in [4.78, 5) is 18.9. The normalized spacial score (nSPS) is 14.7. The van der Waals surface area contributed by atoms with Gasteiger partial charge in [0.05, 0.1) is 13.0 Å². The van der Waals surface area contributed by atoms with Crippen molar-refractivity contribution in [3.63, 3.8) is 0 Å². The molecule has 1 aromatic heterocycles. The maximum Gasteiger partial charge on any atom is 0.231 e. The Morgan fingerprint density at radius 1 is 0.897 bits per heavy atom. The summed E-state index contributed by atoms with van der Waals surface area (Å²) in [5.41, 5.74) is 4.09. The van der Waals surface area contributed by atoms with Crippen LogP contribution in [0, 0.1) is 0 Å². The first-order valence-electron chi connectivity index (χ1n) is 9.59. The van der Waals surface area contributed by atoms with Crippen LogP contribution in [0.15, 0.2) is 60.9 Å².